The third-order valence-corrected chi connectivity index (χ3v) is 5.15. The molecule has 1 N–H and O–H groups in total. The molecule has 0 amide bonds. The van der Waals surface area contributed by atoms with Crippen LogP contribution in [-0.2, 0) is 10.0 Å². The Kier molecular flexibility index (Phi) is 5.68. The Bertz CT molecular complexity index is 850. The van der Waals surface area contributed by atoms with E-state index in [-0.39, 0.29) is 16.5 Å². The predicted octanol–water partition coefficient (Wildman–Crippen LogP) is 5.27. The van der Waals surface area contributed by atoms with Crippen molar-refractivity contribution in [1.29, 1.82) is 0 Å². The Hall–Kier alpha value is -1.74. The Morgan fingerprint density at radius 2 is 1.68 bits per heavy atom. The number of halogens is 4. The van der Waals surface area contributed by atoms with Crippen LogP contribution in [0.3, 0.4) is 0 Å². The molecular formula is C16H15BrF3NO3S. The van der Waals surface area contributed by atoms with Crippen LogP contribution in [0.2, 0.25) is 0 Å². The lowest BCUT2D eigenvalue weighted by atomic mass is 10.0. The number of ether oxygens (including phenoxy) is 1. The molecule has 0 saturated carbocycles. The first-order chi connectivity index (χ1) is 11.5. The fourth-order valence-corrected chi connectivity index (χ4v) is 3.44. The van der Waals surface area contributed by atoms with E-state index in [9.17, 15) is 21.6 Å². The van der Waals surface area contributed by atoms with Gasteiger partial charge in [-0.3, -0.25) is 4.72 Å². The molecule has 0 bridgehead atoms. The number of alkyl halides is 3. The summed E-state index contributed by atoms with van der Waals surface area (Å²) in [6.07, 6.45) is -4.94. The summed E-state index contributed by atoms with van der Waals surface area (Å²) < 4.78 is 68.7. The Morgan fingerprint density at radius 3 is 2.20 bits per heavy atom. The van der Waals surface area contributed by atoms with Gasteiger partial charge in [-0.1, -0.05) is 41.9 Å². The first kappa shape index (κ1) is 19.6. The first-order valence-electron chi connectivity index (χ1n) is 7.16. The molecule has 0 aliphatic carbocycles. The first-order valence-corrected chi connectivity index (χ1v) is 9.43. The van der Waals surface area contributed by atoms with Crippen LogP contribution in [0.15, 0.2) is 51.8 Å². The van der Waals surface area contributed by atoms with E-state index >= 15 is 0 Å². The molecule has 9 heteroatoms. The quantitative estimate of drug-likeness (QED) is 0.692. The van der Waals surface area contributed by atoms with Gasteiger partial charge in [0.25, 0.3) is 10.0 Å². The Balaban J connectivity index is 2.34. The maximum absolute atomic E-state index is 12.5. The summed E-state index contributed by atoms with van der Waals surface area (Å²) in [6, 6.07) is 9.75. The molecule has 136 valence electrons. The summed E-state index contributed by atoms with van der Waals surface area (Å²) in [6.45, 7) is 3.93. The lowest BCUT2D eigenvalue weighted by Crippen LogP contribution is -2.20. The molecule has 0 radical (unpaired) electrons. The monoisotopic (exact) mass is 437 g/mol. The summed E-state index contributed by atoms with van der Waals surface area (Å²) in [5.41, 5.74) is 0.636. The van der Waals surface area contributed by atoms with Crippen molar-refractivity contribution in [3.8, 4) is 5.75 Å². The average molecular weight is 438 g/mol. The zero-order chi connectivity index (χ0) is 18.8. The van der Waals surface area contributed by atoms with Crippen LogP contribution in [0.25, 0.3) is 0 Å². The Morgan fingerprint density at radius 1 is 1.08 bits per heavy atom. The molecule has 0 heterocycles. The summed E-state index contributed by atoms with van der Waals surface area (Å²) in [5.74, 6) is -0.424. The molecule has 0 aromatic heterocycles. The summed E-state index contributed by atoms with van der Waals surface area (Å²) in [5, 5.41) is 0. The van der Waals surface area contributed by atoms with Gasteiger partial charge in [0, 0.05) is 4.47 Å². The number of sulfonamides is 1. The zero-order valence-corrected chi connectivity index (χ0v) is 15.7. The standard InChI is InChI=1S/C16H15BrF3NO3S/c1-10(2)11-3-6-13(7-4-11)25(22,23)21-14-8-5-12(17)9-15(14)24-16(18,19)20/h3-10,21H,1-2H3. The highest BCUT2D eigenvalue weighted by Gasteiger charge is 2.33. The summed E-state index contributed by atoms with van der Waals surface area (Å²) in [4.78, 5) is -0.0576. The van der Waals surface area contributed by atoms with Crippen molar-refractivity contribution in [1.82, 2.24) is 0 Å². The minimum Gasteiger partial charge on any atom is -0.403 e. The molecule has 2 aromatic carbocycles. The van der Waals surface area contributed by atoms with Gasteiger partial charge in [-0.25, -0.2) is 8.42 Å². The van der Waals surface area contributed by atoms with Crippen LogP contribution >= 0.6 is 15.9 Å². The van der Waals surface area contributed by atoms with Crippen molar-refractivity contribution in [3.05, 3.63) is 52.5 Å². The number of hydrogen-bond acceptors (Lipinski definition) is 3. The molecular weight excluding hydrogens is 423 g/mol. The van der Waals surface area contributed by atoms with Gasteiger partial charge >= 0.3 is 6.36 Å². The van der Waals surface area contributed by atoms with Gasteiger partial charge in [0.15, 0.2) is 5.75 Å². The predicted molar refractivity (Wildman–Crippen MR) is 92.2 cm³/mol. The second-order valence-electron chi connectivity index (χ2n) is 5.52. The number of hydrogen-bond donors (Lipinski definition) is 1. The van der Waals surface area contributed by atoms with Gasteiger partial charge in [-0.05, 0) is 41.8 Å². The van der Waals surface area contributed by atoms with Gasteiger partial charge in [-0.15, -0.1) is 13.2 Å². The largest absolute Gasteiger partial charge is 0.573 e. The van der Waals surface area contributed by atoms with Crippen molar-refractivity contribution in [3.63, 3.8) is 0 Å². The summed E-state index contributed by atoms with van der Waals surface area (Å²) >= 11 is 3.03. The normalized spacial score (nSPS) is 12.3. The van der Waals surface area contributed by atoms with Gasteiger partial charge < -0.3 is 4.74 Å². The third kappa shape index (κ3) is 5.37. The van der Waals surface area contributed by atoms with Crippen molar-refractivity contribution < 1.29 is 26.3 Å². The van der Waals surface area contributed by atoms with E-state index in [2.05, 4.69) is 25.4 Å². The van der Waals surface area contributed by atoms with E-state index < -0.39 is 22.1 Å². The second kappa shape index (κ2) is 7.25. The van der Waals surface area contributed by atoms with Crippen LogP contribution in [-0.4, -0.2) is 14.8 Å². The molecule has 0 saturated heterocycles. The summed E-state index contributed by atoms with van der Waals surface area (Å²) in [7, 11) is -4.06. The molecule has 2 aromatic rings. The number of anilines is 1. The number of benzene rings is 2. The van der Waals surface area contributed by atoms with Crippen molar-refractivity contribution in [2.45, 2.75) is 31.0 Å². The maximum atomic E-state index is 12.5. The van der Waals surface area contributed by atoms with E-state index in [4.69, 9.17) is 0 Å². The number of rotatable bonds is 5. The topological polar surface area (TPSA) is 55.4 Å². The van der Waals surface area contributed by atoms with Crippen LogP contribution in [0.1, 0.15) is 25.3 Å². The zero-order valence-electron chi connectivity index (χ0n) is 13.3. The molecule has 2 rings (SSSR count). The second-order valence-corrected chi connectivity index (χ2v) is 8.12. The van der Waals surface area contributed by atoms with E-state index in [1.54, 1.807) is 12.1 Å². The van der Waals surface area contributed by atoms with E-state index in [0.717, 1.165) is 11.6 Å². The van der Waals surface area contributed by atoms with Gasteiger partial charge in [0.1, 0.15) is 0 Å². The van der Waals surface area contributed by atoms with Crippen LogP contribution in [0.5, 0.6) is 5.75 Å². The van der Waals surface area contributed by atoms with Crippen LogP contribution in [0, 0.1) is 0 Å². The van der Waals surface area contributed by atoms with Crippen molar-refractivity contribution in [2.24, 2.45) is 0 Å². The van der Waals surface area contributed by atoms with Crippen LogP contribution in [0.4, 0.5) is 18.9 Å². The molecule has 25 heavy (non-hydrogen) atoms. The van der Waals surface area contributed by atoms with E-state index in [1.165, 1.54) is 24.3 Å². The lowest BCUT2D eigenvalue weighted by molar-refractivity contribution is -0.274. The molecule has 4 nitrogen and oxygen atoms in total. The molecule has 0 unspecified atom stereocenters. The smallest absolute Gasteiger partial charge is 0.403 e. The molecule has 0 spiro atoms. The SMILES string of the molecule is CC(C)c1ccc(S(=O)(=O)Nc2ccc(Br)cc2OC(F)(F)F)cc1. The molecule has 0 aliphatic rings. The van der Waals surface area contributed by atoms with Crippen molar-refractivity contribution >= 4 is 31.6 Å². The van der Waals surface area contributed by atoms with Gasteiger partial charge in [0.2, 0.25) is 0 Å². The average Bonchev–Trinajstić information content (AvgIpc) is 2.48. The van der Waals surface area contributed by atoms with Crippen molar-refractivity contribution in [2.75, 3.05) is 4.72 Å². The van der Waals surface area contributed by atoms with Crippen LogP contribution < -0.4 is 9.46 Å². The fourth-order valence-electron chi connectivity index (χ4n) is 2.03. The van der Waals surface area contributed by atoms with Gasteiger partial charge in [-0.2, -0.15) is 0 Å². The van der Waals surface area contributed by atoms with E-state index in [0.29, 0.717) is 4.47 Å². The maximum Gasteiger partial charge on any atom is 0.573 e. The highest BCUT2D eigenvalue weighted by molar-refractivity contribution is 9.10. The molecule has 0 aliphatic heterocycles. The van der Waals surface area contributed by atoms with E-state index in [1.807, 2.05) is 13.8 Å². The molecule has 0 fully saturated rings. The number of nitrogens with one attached hydrogen (secondary N) is 1. The molecule has 0 atom stereocenters. The minimum atomic E-state index is -4.94. The van der Waals surface area contributed by atoms with Gasteiger partial charge in [0.05, 0.1) is 10.6 Å². The highest BCUT2D eigenvalue weighted by Crippen LogP contribution is 2.34. The minimum absolute atomic E-state index is 0.0576. The highest BCUT2D eigenvalue weighted by atomic mass is 79.9. The third-order valence-electron chi connectivity index (χ3n) is 3.27. The Labute approximate surface area is 152 Å². The lowest BCUT2D eigenvalue weighted by Gasteiger charge is -2.15. The fraction of sp³-hybridized carbons (Fsp3) is 0.250.